The molecule has 1 fully saturated rings. The first kappa shape index (κ1) is 14.2. The van der Waals surface area contributed by atoms with E-state index in [1.807, 2.05) is 30.3 Å². The molecule has 0 saturated carbocycles. The summed E-state index contributed by atoms with van der Waals surface area (Å²) in [4.78, 5) is 24.4. The van der Waals surface area contributed by atoms with Crippen LogP contribution in [0, 0.1) is 0 Å². The number of nitrogens with one attached hydrogen (secondary N) is 2. The number of hydrogen-bond acceptors (Lipinski definition) is 3. The van der Waals surface area contributed by atoms with Crippen molar-refractivity contribution in [3.05, 3.63) is 35.9 Å². The molecule has 0 spiro atoms. The largest absolute Gasteiger partial charge is 0.448 e. The SMILES string of the molecule is O=C(NCCCN1CCOC1=O)NCc1ccccc1. The fraction of sp³-hybridized carbons (Fsp3) is 0.429. The molecule has 1 aromatic carbocycles. The van der Waals surface area contributed by atoms with Crippen molar-refractivity contribution >= 4 is 12.1 Å². The Kier molecular flexibility index (Phi) is 5.23. The Hall–Kier alpha value is -2.24. The third-order valence-electron chi connectivity index (χ3n) is 3.03. The monoisotopic (exact) mass is 277 g/mol. The number of amides is 3. The number of urea groups is 1. The lowest BCUT2D eigenvalue weighted by molar-refractivity contribution is 0.158. The first-order valence-corrected chi connectivity index (χ1v) is 6.73. The summed E-state index contributed by atoms with van der Waals surface area (Å²) in [5.74, 6) is 0. The standard InChI is InChI=1S/C14H19N3O3/c18-13(16-11-12-5-2-1-3-6-12)15-7-4-8-17-9-10-20-14(17)19/h1-3,5-6H,4,7-11H2,(H2,15,16,18). The van der Waals surface area contributed by atoms with E-state index in [9.17, 15) is 9.59 Å². The zero-order chi connectivity index (χ0) is 14.2. The first-order chi connectivity index (χ1) is 9.75. The van der Waals surface area contributed by atoms with Crippen LogP contribution >= 0.6 is 0 Å². The molecule has 1 aliphatic heterocycles. The molecular weight excluding hydrogens is 258 g/mol. The summed E-state index contributed by atoms with van der Waals surface area (Å²) in [7, 11) is 0. The number of carbonyl (C=O) groups excluding carboxylic acids is 2. The van der Waals surface area contributed by atoms with Crippen molar-refractivity contribution in [1.29, 1.82) is 0 Å². The Bertz CT molecular complexity index is 450. The third kappa shape index (κ3) is 4.46. The smallest absolute Gasteiger partial charge is 0.409 e. The van der Waals surface area contributed by atoms with E-state index in [-0.39, 0.29) is 12.1 Å². The average Bonchev–Trinajstić information content (AvgIpc) is 2.88. The van der Waals surface area contributed by atoms with Gasteiger partial charge in [-0.2, -0.15) is 0 Å². The highest BCUT2D eigenvalue weighted by Gasteiger charge is 2.20. The highest BCUT2D eigenvalue weighted by Crippen LogP contribution is 2.03. The van der Waals surface area contributed by atoms with Gasteiger partial charge in [-0.15, -0.1) is 0 Å². The van der Waals surface area contributed by atoms with Crippen molar-refractivity contribution in [3.63, 3.8) is 0 Å². The van der Waals surface area contributed by atoms with E-state index in [0.29, 0.717) is 39.2 Å². The van der Waals surface area contributed by atoms with E-state index in [0.717, 1.165) is 5.56 Å². The molecule has 1 aromatic rings. The van der Waals surface area contributed by atoms with Gasteiger partial charge in [0.05, 0.1) is 6.54 Å². The predicted octanol–water partition coefficient (Wildman–Crippen LogP) is 1.33. The van der Waals surface area contributed by atoms with Gasteiger partial charge in [-0.05, 0) is 12.0 Å². The van der Waals surface area contributed by atoms with E-state index >= 15 is 0 Å². The van der Waals surface area contributed by atoms with Crippen LogP contribution in [0.5, 0.6) is 0 Å². The first-order valence-electron chi connectivity index (χ1n) is 6.73. The summed E-state index contributed by atoms with van der Waals surface area (Å²) in [6.45, 7) is 2.75. The van der Waals surface area contributed by atoms with E-state index in [4.69, 9.17) is 4.74 Å². The van der Waals surface area contributed by atoms with Crippen LogP contribution in [0.25, 0.3) is 0 Å². The van der Waals surface area contributed by atoms with Crippen molar-refractivity contribution in [2.24, 2.45) is 0 Å². The minimum atomic E-state index is -0.265. The maximum atomic E-state index is 11.5. The molecule has 6 nitrogen and oxygen atoms in total. The summed E-state index contributed by atoms with van der Waals surface area (Å²) in [6, 6.07) is 9.53. The molecule has 0 unspecified atom stereocenters. The topological polar surface area (TPSA) is 70.7 Å². The minimum Gasteiger partial charge on any atom is -0.448 e. The van der Waals surface area contributed by atoms with Gasteiger partial charge in [0, 0.05) is 19.6 Å². The van der Waals surface area contributed by atoms with Crippen LogP contribution in [0.4, 0.5) is 9.59 Å². The van der Waals surface area contributed by atoms with Gasteiger partial charge in [0.1, 0.15) is 6.61 Å². The van der Waals surface area contributed by atoms with Gasteiger partial charge in [0.25, 0.3) is 0 Å². The highest BCUT2D eigenvalue weighted by atomic mass is 16.6. The Morgan fingerprint density at radius 1 is 1.25 bits per heavy atom. The van der Waals surface area contributed by atoms with Crippen molar-refractivity contribution in [2.45, 2.75) is 13.0 Å². The Labute approximate surface area is 118 Å². The zero-order valence-electron chi connectivity index (χ0n) is 11.3. The average molecular weight is 277 g/mol. The Balaban J connectivity index is 1.55. The number of ether oxygens (including phenoxy) is 1. The maximum Gasteiger partial charge on any atom is 0.409 e. The van der Waals surface area contributed by atoms with Crippen LogP contribution < -0.4 is 10.6 Å². The molecule has 20 heavy (non-hydrogen) atoms. The van der Waals surface area contributed by atoms with Crippen LogP contribution in [0.3, 0.4) is 0 Å². The lowest BCUT2D eigenvalue weighted by atomic mass is 10.2. The van der Waals surface area contributed by atoms with E-state index in [1.54, 1.807) is 4.90 Å². The number of benzene rings is 1. The number of hydrogen-bond donors (Lipinski definition) is 2. The lowest BCUT2D eigenvalue weighted by Gasteiger charge is -2.12. The quantitative estimate of drug-likeness (QED) is 0.771. The molecule has 1 aliphatic rings. The molecule has 108 valence electrons. The molecule has 0 aromatic heterocycles. The summed E-state index contributed by atoms with van der Waals surface area (Å²) >= 11 is 0. The van der Waals surface area contributed by atoms with Crippen molar-refractivity contribution in [1.82, 2.24) is 15.5 Å². The summed E-state index contributed by atoms with van der Waals surface area (Å²) < 4.78 is 4.82. The molecule has 6 heteroatoms. The lowest BCUT2D eigenvalue weighted by Crippen LogP contribution is -2.37. The van der Waals surface area contributed by atoms with E-state index in [2.05, 4.69) is 10.6 Å². The fourth-order valence-electron chi connectivity index (χ4n) is 1.94. The molecule has 1 heterocycles. The van der Waals surface area contributed by atoms with Crippen LogP contribution in [0.15, 0.2) is 30.3 Å². The normalized spacial score (nSPS) is 14.0. The summed E-state index contributed by atoms with van der Waals surface area (Å²) in [6.07, 6.45) is 0.451. The number of rotatable bonds is 6. The minimum absolute atomic E-state index is 0.196. The van der Waals surface area contributed by atoms with Crippen LogP contribution in [0.1, 0.15) is 12.0 Å². The third-order valence-corrected chi connectivity index (χ3v) is 3.03. The number of carbonyl (C=O) groups is 2. The molecule has 0 radical (unpaired) electrons. The van der Waals surface area contributed by atoms with Gasteiger partial charge < -0.3 is 20.3 Å². The number of cyclic esters (lactones) is 1. The second-order valence-corrected chi connectivity index (χ2v) is 4.55. The molecule has 3 amide bonds. The van der Waals surface area contributed by atoms with Gasteiger partial charge in [-0.25, -0.2) is 9.59 Å². The fourth-order valence-corrected chi connectivity index (χ4v) is 1.94. The van der Waals surface area contributed by atoms with Crippen LogP contribution in [-0.4, -0.2) is 43.3 Å². The second kappa shape index (κ2) is 7.37. The highest BCUT2D eigenvalue weighted by molar-refractivity contribution is 5.73. The molecular formula is C14H19N3O3. The van der Waals surface area contributed by atoms with Crippen molar-refractivity contribution in [2.75, 3.05) is 26.2 Å². The molecule has 0 bridgehead atoms. The van der Waals surface area contributed by atoms with Crippen LogP contribution in [-0.2, 0) is 11.3 Å². The van der Waals surface area contributed by atoms with Gasteiger partial charge in [-0.1, -0.05) is 30.3 Å². The van der Waals surface area contributed by atoms with Crippen molar-refractivity contribution in [3.8, 4) is 0 Å². The van der Waals surface area contributed by atoms with Gasteiger partial charge in [0.15, 0.2) is 0 Å². The summed E-state index contributed by atoms with van der Waals surface area (Å²) in [5, 5.41) is 5.54. The molecule has 1 saturated heterocycles. The van der Waals surface area contributed by atoms with Crippen molar-refractivity contribution < 1.29 is 14.3 Å². The molecule has 2 N–H and O–H groups in total. The van der Waals surface area contributed by atoms with E-state index in [1.165, 1.54) is 0 Å². The summed E-state index contributed by atoms with van der Waals surface area (Å²) in [5.41, 5.74) is 1.06. The second-order valence-electron chi connectivity index (χ2n) is 4.55. The predicted molar refractivity (Wildman–Crippen MR) is 74.2 cm³/mol. The van der Waals surface area contributed by atoms with E-state index < -0.39 is 0 Å². The molecule has 0 aliphatic carbocycles. The van der Waals surface area contributed by atoms with Gasteiger partial charge in [-0.3, -0.25) is 0 Å². The maximum absolute atomic E-state index is 11.5. The zero-order valence-corrected chi connectivity index (χ0v) is 11.3. The molecule has 0 atom stereocenters. The molecule has 2 rings (SSSR count). The Morgan fingerprint density at radius 2 is 2.05 bits per heavy atom. The number of nitrogens with zero attached hydrogens (tertiary/aromatic N) is 1. The van der Waals surface area contributed by atoms with Gasteiger partial charge >= 0.3 is 12.1 Å². The van der Waals surface area contributed by atoms with Gasteiger partial charge in [0.2, 0.25) is 0 Å². The Morgan fingerprint density at radius 3 is 2.75 bits per heavy atom. The van der Waals surface area contributed by atoms with Crippen LogP contribution in [0.2, 0.25) is 0 Å².